The SMILES string of the molecule is COC(=O)Nc1ccc2c(c1)NC(=O)[C@H](C)CCC[C@H](N1CC[C@@H](c3nccc(Cl)c3F)OC1=O)c1ccnc-2c1. The second kappa shape index (κ2) is 12.1. The van der Waals surface area contributed by atoms with Gasteiger partial charge in [-0.05, 0) is 54.8 Å². The first-order valence-corrected chi connectivity index (χ1v) is 13.7. The third kappa shape index (κ3) is 6.09. The number of ether oxygens (including phenoxy) is 2. The quantitative estimate of drug-likeness (QED) is 0.362. The molecule has 1 fully saturated rings. The molecule has 2 aliphatic heterocycles. The van der Waals surface area contributed by atoms with Crippen molar-refractivity contribution in [2.24, 2.45) is 5.92 Å². The number of anilines is 2. The van der Waals surface area contributed by atoms with Crippen LogP contribution in [0.1, 0.15) is 56.0 Å². The van der Waals surface area contributed by atoms with Gasteiger partial charge in [0.05, 0.1) is 29.6 Å². The Morgan fingerprint density at radius 2 is 1.95 bits per heavy atom. The van der Waals surface area contributed by atoms with E-state index >= 15 is 0 Å². The van der Waals surface area contributed by atoms with E-state index in [0.717, 1.165) is 5.56 Å². The summed E-state index contributed by atoms with van der Waals surface area (Å²) < 4.78 is 24.9. The minimum absolute atomic E-state index is 0.00731. The molecule has 214 valence electrons. The number of carbonyl (C=O) groups excluding carboxylic acids is 3. The molecule has 10 nitrogen and oxygen atoms in total. The maximum Gasteiger partial charge on any atom is 0.411 e. The fourth-order valence-electron chi connectivity index (χ4n) is 5.16. The number of pyridine rings is 2. The van der Waals surface area contributed by atoms with E-state index in [2.05, 4.69) is 25.3 Å². The summed E-state index contributed by atoms with van der Waals surface area (Å²) in [4.78, 5) is 48.4. The van der Waals surface area contributed by atoms with Crippen LogP contribution in [0.5, 0.6) is 0 Å². The number of amides is 3. The fraction of sp³-hybridized carbons (Fsp3) is 0.345. The van der Waals surface area contributed by atoms with E-state index in [0.29, 0.717) is 54.9 Å². The van der Waals surface area contributed by atoms with Gasteiger partial charge in [0, 0.05) is 42.5 Å². The normalized spacial score (nSPS) is 21.0. The Bertz CT molecular complexity index is 1490. The van der Waals surface area contributed by atoms with E-state index in [1.165, 1.54) is 19.4 Å². The van der Waals surface area contributed by atoms with Crippen LogP contribution in [0.4, 0.5) is 25.4 Å². The average Bonchev–Trinajstić information content (AvgIpc) is 2.96. The molecule has 12 heteroatoms. The highest BCUT2D eigenvalue weighted by Crippen LogP contribution is 2.38. The highest BCUT2D eigenvalue weighted by molar-refractivity contribution is 6.30. The van der Waals surface area contributed by atoms with E-state index in [9.17, 15) is 18.8 Å². The lowest BCUT2D eigenvalue weighted by atomic mass is 9.93. The monoisotopic (exact) mass is 581 g/mol. The molecule has 2 bridgehead atoms. The van der Waals surface area contributed by atoms with Gasteiger partial charge in [-0.3, -0.25) is 20.1 Å². The topological polar surface area (TPSA) is 123 Å². The Kier molecular flexibility index (Phi) is 8.34. The van der Waals surface area contributed by atoms with Crippen molar-refractivity contribution in [1.29, 1.82) is 0 Å². The Morgan fingerprint density at radius 1 is 1.15 bits per heavy atom. The standard InChI is InChI=1S/C29H29ClFN5O5/c1-16-4-3-5-23(36-13-10-24(41-29(36)39)26-25(31)20(30)9-12-33-26)17-8-11-32-21(14-17)19-7-6-18(34-28(38)40-2)15-22(19)35-27(16)37/h6-9,11-12,14-16,23-24H,3-5,10,13H2,1-2H3,(H,34,38)(H,35,37)/t16-,23+,24+/m1/s1. The van der Waals surface area contributed by atoms with Crippen molar-refractivity contribution in [2.75, 3.05) is 24.3 Å². The predicted molar refractivity (Wildman–Crippen MR) is 150 cm³/mol. The van der Waals surface area contributed by atoms with Crippen LogP contribution in [-0.4, -0.2) is 46.6 Å². The molecule has 3 aromatic rings. The molecule has 1 aromatic carbocycles. The van der Waals surface area contributed by atoms with Gasteiger partial charge >= 0.3 is 12.2 Å². The molecule has 2 aromatic heterocycles. The maximum atomic E-state index is 14.6. The van der Waals surface area contributed by atoms with Crippen LogP contribution in [0.3, 0.4) is 0 Å². The summed E-state index contributed by atoms with van der Waals surface area (Å²) >= 11 is 5.92. The van der Waals surface area contributed by atoms with E-state index in [-0.39, 0.29) is 28.6 Å². The summed E-state index contributed by atoms with van der Waals surface area (Å²) in [5.74, 6) is -1.19. The van der Waals surface area contributed by atoms with Crippen molar-refractivity contribution in [3.8, 4) is 11.3 Å². The number of fused-ring (bicyclic) bond motifs is 4. The first-order chi connectivity index (χ1) is 19.7. The number of cyclic esters (lactones) is 1. The first-order valence-electron chi connectivity index (χ1n) is 13.3. The number of halogens is 2. The van der Waals surface area contributed by atoms with Gasteiger partial charge in [-0.2, -0.15) is 0 Å². The second-order valence-corrected chi connectivity index (χ2v) is 10.4. The fourth-order valence-corrected chi connectivity index (χ4v) is 5.31. The van der Waals surface area contributed by atoms with Gasteiger partial charge in [-0.15, -0.1) is 0 Å². The van der Waals surface area contributed by atoms with Crippen LogP contribution in [0.2, 0.25) is 5.02 Å². The van der Waals surface area contributed by atoms with Gasteiger partial charge in [0.25, 0.3) is 0 Å². The molecular weight excluding hydrogens is 553 g/mol. The Morgan fingerprint density at radius 3 is 2.73 bits per heavy atom. The number of hydrogen-bond acceptors (Lipinski definition) is 7. The first kappa shape index (κ1) is 28.3. The molecule has 5 rings (SSSR count). The molecule has 1 saturated heterocycles. The highest BCUT2D eigenvalue weighted by atomic mass is 35.5. The average molecular weight is 582 g/mol. The number of nitrogens with zero attached hydrogens (tertiary/aromatic N) is 3. The van der Waals surface area contributed by atoms with E-state index in [1.54, 1.807) is 29.3 Å². The lowest BCUT2D eigenvalue weighted by molar-refractivity contribution is -0.119. The van der Waals surface area contributed by atoms with Gasteiger partial charge in [0.15, 0.2) is 11.9 Å². The summed E-state index contributed by atoms with van der Waals surface area (Å²) in [7, 11) is 1.27. The lowest BCUT2D eigenvalue weighted by Gasteiger charge is -2.37. The minimum Gasteiger partial charge on any atom is -0.453 e. The van der Waals surface area contributed by atoms with Crippen molar-refractivity contribution in [1.82, 2.24) is 14.9 Å². The van der Waals surface area contributed by atoms with Crippen LogP contribution in [-0.2, 0) is 14.3 Å². The maximum absolute atomic E-state index is 14.6. The van der Waals surface area contributed by atoms with Gasteiger partial charge in [0.1, 0.15) is 5.69 Å². The molecule has 4 heterocycles. The molecule has 41 heavy (non-hydrogen) atoms. The van der Waals surface area contributed by atoms with E-state index in [1.807, 2.05) is 19.1 Å². The second-order valence-electron chi connectivity index (χ2n) is 10.0. The van der Waals surface area contributed by atoms with Crippen molar-refractivity contribution in [2.45, 2.75) is 44.8 Å². The summed E-state index contributed by atoms with van der Waals surface area (Å²) in [6, 6.07) is 9.82. The Balaban J connectivity index is 1.47. The molecule has 0 radical (unpaired) electrons. The van der Waals surface area contributed by atoms with Crippen molar-refractivity contribution in [3.05, 3.63) is 70.9 Å². The minimum atomic E-state index is -0.847. The molecule has 0 spiro atoms. The number of methoxy groups -OCH3 is 1. The third-order valence-electron chi connectivity index (χ3n) is 7.38. The smallest absolute Gasteiger partial charge is 0.411 e. The van der Waals surface area contributed by atoms with Gasteiger partial charge in [-0.1, -0.05) is 24.9 Å². The predicted octanol–water partition coefficient (Wildman–Crippen LogP) is 6.50. The Labute approximate surface area is 241 Å². The molecular formula is C29H29ClFN5O5. The van der Waals surface area contributed by atoms with Gasteiger partial charge in [0.2, 0.25) is 5.91 Å². The zero-order valence-corrected chi connectivity index (χ0v) is 23.3. The third-order valence-corrected chi connectivity index (χ3v) is 7.67. The van der Waals surface area contributed by atoms with E-state index < -0.39 is 24.1 Å². The molecule has 2 aliphatic rings. The molecule has 3 atom stereocenters. The van der Waals surface area contributed by atoms with Gasteiger partial charge in [-0.25, -0.2) is 14.0 Å². The molecule has 2 N–H and O–H groups in total. The molecule has 0 saturated carbocycles. The Hall–Kier alpha value is -4.25. The summed E-state index contributed by atoms with van der Waals surface area (Å²) in [5, 5.41) is 5.51. The molecule has 0 unspecified atom stereocenters. The number of aromatic nitrogens is 2. The lowest BCUT2D eigenvalue weighted by Crippen LogP contribution is -2.42. The number of carbonyl (C=O) groups is 3. The van der Waals surface area contributed by atoms with Crippen molar-refractivity contribution < 1.29 is 28.2 Å². The number of nitrogens with one attached hydrogen (secondary N) is 2. The van der Waals surface area contributed by atoms with Crippen molar-refractivity contribution in [3.63, 3.8) is 0 Å². The van der Waals surface area contributed by atoms with Crippen LogP contribution >= 0.6 is 11.6 Å². The van der Waals surface area contributed by atoms with Gasteiger partial charge < -0.3 is 19.7 Å². The number of benzene rings is 1. The molecule has 0 aliphatic carbocycles. The number of rotatable bonds is 3. The van der Waals surface area contributed by atoms with Crippen LogP contribution in [0.25, 0.3) is 11.3 Å². The van der Waals surface area contributed by atoms with Crippen molar-refractivity contribution >= 4 is 41.1 Å². The largest absolute Gasteiger partial charge is 0.453 e. The van der Waals surface area contributed by atoms with Crippen LogP contribution in [0, 0.1) is 11.7 Å². The van der Waals surface area contributed by atoms with E-state index in [4.69, 9.17) is 16.3 Å². The zero-order valence-electron chi connectivity index (χ0n) is 22.5. The number of hydrogen-bond donors (Lipinski definition) is 2. The summed E-state index contributed by atoms with van der Waals surface area (Å²) in [6.07, 6.45) is 3.14. The molecule has 3 amide bonds. The summed E-state index contributed by atoms with van der Waals surface area (Å²) in [5.41, 5.74) is 3.00. The summed E-state index contributed by atoms with van der Waals surface area (Å²) in [6.45, 7) is 2.16. The zero-order chi connectivity index (χ0) is 29.1. The highest BCUT2D eigenvalue weighted by Gasteiger charge is 2.36. The van der Waals surface area contributed by atoms with Crippen LogP contribution < -0.4 is 10.6 Å². The van der Waals surface area contributed by atoms with Crippen LogP contribution in [0.15, 0.2) is 48.8 Å².